The fourth-order valence-corrected chi connectivity index (χ4v) is 4.17. The maximum atomic E-state index is 12.7. The number of benzene rings is 1. The van der Waals surface area contributed by atoms with E-state index >= 15 is 0 Å². The number of hydrogen-bond acceptors (Lipinski definition) is 4. The minimum Gasteiger partial charge on any atom is -0.487 e. The Morgan fingerprint density at radius 3 is 2.71 bits per heavy atom. The minimum atomic E-state index is -0.0920. The van der Waals surface area contributed by atoms with Gasteiger partial charge in [-0.2, -0.15) is 0 Å². The van der Waals surface area contributed by atoms with Crippen molar-refractivity contribution in [1.29, 1.82) is 0 Å². The van der Waals surface area contributed by atoms with E-state index in [2.05, 4.69) is 34.2 Å². The normalized spacial score (nSPS) is 15.7. The van der Waals surface area contributed by atoms with E-state index in [1.54, 1.807) is 23.0 Å². The van der Waals surface area contributed by atoms with E-state index in [0.717, 1.165) is 30.8 Å². The van der Waals surface area contributed by atoms with Crippen LogP contribution in [0.25, 0.3) is 11.8 Å². The van der Waals surface area contributed by atoms with Gasteiger partial charge >= 0.3 is 0 Å². The molecule has 158 valence electrons. The molecule has 1 fully saturated rings. The van der Waals surface area contributed by atoms with Crippen LogP contribution < -0.4 is 10.3 Å². The molecule has 6 heteroatoms. The van der Waals surface area contributed by atoms with Gasteiger partial charge in [-0.25, -0.2) is 0 Å². The number of allylic oxidation sites excluding steroid dienone is 1. The number of nitrogens with zero attached hydrogens (tertiary/aromatic N) is 3. The molecule has 1 saturated heterocycles. The zero-order valence-corrected chi connectivity index (χ0v) is 18.0. The molecule has 0 bridgehead atoms. The SMILES string of the molecule is O=c1cc(OCc2ccc(Cl)cn2)ccn1C1=Cc2ccc(CN3CCC3)cc2CC1. The van der Waals surface area contributed by atoms with Gasteiger partial charge in [-0.1, -0.05) is 29.8 Å². The first-order valence-corrected chi connectivity index (χ1v) is 11.0. The highest BCUT2D eigenvalue weighted by Gasteiger charge is 2.17. The van der Waals surface area contributed by atoms with Crippen molar-refractivity contribution in [3.8, 4) is 5.75 Å². The predicted molar refractivity (Wildman–Crippen MR) is 123 cm³/mol. The molecule has 3 aromatic rings. The second-order valence-corrected chi connectivity index (χ2v) is 8.56. The van der Waals surface area contributed by atoms with Gasteiger partial charge in [0.2, 0.25) is 0 Å². The number of aromatic nitrogens is 2. The van der Waals surface area contributed by atoms with E-state index in [0.29, 0.717) is 10.8 Å². The molecule has 0 N–H and O–H groups in total. The lowest BCUT2D eigenvalue weighted by Gasteiger charge is -2.31. The molecule has 31 heavy (non-hydrogen) atoms. The number of hydrogen-bond donors (Lipinski definition) is 0. The summed E-state index contributed by atoms with van der Waals surface area (Å²) in [4.78, 5) is 19.4. The van der Waals surface area contributed by atoms with Crippen LogP contribution in [0.5, 0.6) is 5.75 Å². The van der Waals surface area contributed by atoms with Crippen molar-refractivity contribution in [3.05, 3.63) is 92.6 Å². The van der Waals surface area contributed by atoms with E-state index < -0.39 is 0 Å². The smallest absolute Gasteiger partial charge is 0.258 e. The van der Waals surface area contributed by atoms with Crippen LogP contribution in [0.3, 0.4) is 0 Å². The molecule has 5 nitrogen and oxygen atoms in total. The van der Waals surface area contributed by atoms with Crippen molar-refractivity contribution < 1.29 is 4.74 Å². The summed E-state index contributed by atoms with van der Waals surface area (Å²) in [5.74, 6) is 0.533. The van der Waals surface area contributed by atoms with Gasteiger partial charge in [0.15, 0.2) is 0 Å². The number of fused-ring (bicyclic) bond motifs is 1. The lowest BCUT2D eigenvalue weighted by Crippen LogP contribution is -2.36. The van der Waals surface area contributed by atoms with Gasteiger partial charge in [-0.3, -0.25) is 19.2 Å². The number of rotatable bonds is 6. The quantitative estimate of drug-likeness (QED) is 0.568. The Bertz CT molecular complexity index is 1180. The topological polar surface area (TPSA) is 47.4 Å². The number of pyridine rings is 2. The Labute approximate surface area is 186 Å². The standard InChI is InChI=1S/C25H24ClN3O2/c26-21-5-6-22(27-15-21)17-31-24-8-11-29(25(30)14-24)23-7-4-19-12-18(2-3-20(19)13-23)16-28-9-1-10-28/h2-3,5-6,8,11-15H,1,4,7,9-10,16-17H2. The van der Waals surface area contributed by atoms with E-state index in [9.17, 15) is 4.79 Å². The van der Waals surface area contributed by atoms with Crippen LogP contribution >= 0.6 is 11.6 Å². The van der Waals surface area contributed by atoms with E-state index in [4.69, 9.17) is 16.3 Å². The number of ether oxygens (including phenoxy) is 1. The molecular formula is C25H24ClN3O2. The van der Waals surface area contributed by atoms with Crippen molar-refractivity contribution in [2.45, 2.75) is 32.4 Å². The van der Waals surface area contributed by atoms with Gasteiger partial charge in [-0.05, 0) is 73.3 Å². The van der Waals surface area contributed by atoms with Crippen LogP contribution in [0.1, 0.15) is 35.2 Å². The second-order valence-electron chi connectivity index (χ2n) is 8.13. The summed E-state index contributed by atoms with van der Waals surface area (Å²) < 4.78 is 7.44. The lowest BCUT2D eigenvalue weighted by atomic mass is 9.93. The minimum absolute atomic E-state index is 0.0920. The summed E-state index contributed by atoms with van der Waals surface area (Å²) >= 11 is 5.85. The van der Waals surface area contributed by atoms with Crippen molar-refractivity contribution >= 4 is 23.4 Å². The van der Waals surface area contributed by atoms with Crippen LogP contribution in [0.4, 0.5) is 0 Å². The highest BCUT2D eigenvalue weighted by Crippen LogP contribution is 2.28. The monoisotopic (exact) mass is 433 g/mol. The van der Waals surface area contributed by atoms with Crippen LogP contribution in [-0.4, -0.2) is 27.5 Å². The first-order valence-electron chi connectivity index (χ1n) is 10.7. The van der Waals surface area contributed by atoms with E-state index in [1.807, 2.05) is 12.1 Å². The molecule has 3 heterocycles. The maximum Gasteiger partial charge on any atom is 0.258 e. The maximum absolute atomic E-state index is 12.7. The van der Waals surface area contributed by atoms with Crippen molar-refractivity contribution in [2.24, 2.45) is 0 Å². The lowest BCUT2D eigenvalue weighted by molar-refractivity contribution is 0.172. The molecule has 0 amide bonds. The fraction of sp³-hybridized carbons (Fsp3) is 0.280. The van der Waals surface area contributed by atoms with Gasteiger partial charge in [0.25, 0.3) is 5.56 Å². The Morgan fingerprint density at radius 1 is 1.06 bits per heavy atom. The van der Waals surface area contributed by atoms with Gasteiger partial charge in [-0.15, -0.1) is 0 Å². The molecule has 0 unspecified atom stereocenters. The van der Waals surface area contributed by atoms with Gasteiger partial charge in [0.1, 0.15) is 12.4 Å². The first-order chi connectivity index (χ1) is 15.1. The molecule has 1 aliphatic heterocycles. The van der Waals surface area contributed by atoms with Gasteiger partial charge in [0, 0.05) is 30.7 Å². The molecule has 0 atom stereocenters. The van der Waals surface area contributed by atoms with Gasteiger partial charge < -0.3 is 4.74 Å². The van der Waals surface area contributed by atoms with Crippen LogP contribution in [-0.2, 0) is 19.6 Å². The molecule has 0 radical (unpaired) electrons. The Morgan fingerprint density at radius 2 is 1.97 bits per heavy atom. The molecule has 5 rings (SSSR count). The van der Waals surface area contributed by atoms with E-state index in [-0.39, 0.29) is 12.2 Å². The van der Waals surface area contributed by atoms with Crippen molar-refractivity contribution in [2.75, 3.05) is 13.1 Å². The number of halogens is 1. The van der Waals surface area contributed by atoms with Crippen molar-refractivity contribution in [1.82, 2.24) is 14.5 Å². The summed E-state index contributed by atoms with van der Waals surface area (Å²) in [6.45, 7) is 3.74. The number of aryl methyl sites for hydroxylation is 1. The summed E-state index contributed by atoms with van der Waals surface area (Å²) in [5.41, 5.74) is 5.63. The summed E-state index contributed by atoms with van der Waals surface area (Å²) in [6, 6.07) is 13.7. The fourth-order valence-electron chi connectivity index (χ4n) is 4.05. The zero-order chi connectivity index (χ0) is 21.2. The average molecular weight is 434 g/mol. The van der Waals surface area contributed by atoms with E-state index in [1.165, 1.54) is 42.3 Å². The van der Waals surface area contributed by atoms with Crippen molar-refractivity contribution in [3.63, 3.8) is 0 Å². The van der Waals surface area contributed by atoms with Crippen LogP contribution in [0, 0.1) is 0 Å². The van der Waals surface area contributed by atoms with Gasteiger partial charge in [0.05, 0.1) is 10.7 Å². The van der Waals surface area contributed by atoms with Crippen LogP contribution in [0.15, 0.2) is 59.7 Å². The molecule has 2 aromatic heterocycles. The summed E-state index contributed by atoms with van der Waals surface area (Å²) in [5, 5.41) is 0.584. The zero-order valence-electron chi connectivity index (χ0n) is 17.3. The number of likely N-dealkylation sites (tertiary alicyclic amines) is 1. The molecule has 0 saturated carbocycles. The molecule has 1 aromatic carbocycles. The third kappa shape index (κ3) is 4.58. The molecule has 0 spiro atoms. The highest BCUT2D eigenvalue weighted by atomic mass is 35.5. The third-order valence-electron chi connectivity index (χ3n) is 5.91. The summed E-state index contributed by atoms with van der Waals surface area (Å²) in [6.07, 6.45) is 8.61. The summed E-state index contributed by atoms with van der Waals surface area (Å²) in [7, 11) is 0. The molecular weight excluding hydrogens is 410 g/mol. The Balaban J connectivity index is 1.29. The largest absolute Gasteiger partial charge is 0.487 e. The Kier molecular flexibility index (Phi) is 5.62. The average Bonchev–Trinajstić information content (AvgIpc) is 2.75. The Hall–Kier alpha value is -2.89. The molecule has 1 aliphatic carbocycles. The highest BCUT2D eigenvalue weighted by molar-refractivity contribution is 6.30. The predicted octanol–water partition coefficient (Wildman–Crippen LogP) is 4.63. The third-order valence-corrected chi connectivity index (χ3v) is 6.13. The second kappa shape index (κ2) is 8.69. The van der Waals surface area contributed by atoms with Crippen LogP contribution in [0.2, 0.25) is 5.02 Å². The molecule has 2 aliphatic rings. The first kappa shape index (κ1) is 20.0.